The molecular weight excluding hydrogens is 434 g/mol. The average molecular weight is 466 g/mol. The topological polar surface area (TPSA) is 61.9 Å². The molecule has 1 aromatic carbocycles. The van der Waals surface area contributed by atoms with Crippen molar-refractivity contribution < 1.29 is 14.3 Å². The van der Waals surface area contributed by atoms with Gasteiger partial charge in [-0.15, -0.1) is 0 Å². The van der Waals surface area contributed by atoms with Gasteiger partial charge in [0.2, 0.25) is 5.91 Å². The van der Waals surface area contributed by atoms with Crippen molar-refractivity contribution in [2.75, 3.05) is 46.4 Å². The number of nitrogens with zero attached hydrogens (tertiary/aromatic N) is 2. The first kappa shape index (κ1) is 22.2. The largest absolute Gasteiger partial charge is 0.385 e. The fraction of sp³-hybridized carbons (Fsp3) is 0.636. The number of ether oxygens (including phenoxy) is 1. The maximum atomic E-state index is 13.0. The maximum Gasteiger partial charge on any atom is 0.253 e. The Morgan fingerprint density at radius 3 is 2.59 bits per heavy atom. The molecule has 1 aliphatic carbocycles. The Balaban J connectivity index is 1.59. The maximum absolute atomic E-state index is 13.0. The first-order valence-corrected chi connectivity index (χ1v) is 11.4. The molecule has 160 valence electrons. The third kappa shape index (κ3) is 6.03. The van der Waals surface area contributed by atoms with E-state index < -0.39 is 0 Å². The second-order valence-corrected chi connectivity index (χ2v) is 8.88. The molecule has 0 radical (unpaired) electrons. The van der Waals surface area contributed by atoms with Crippen molar-refractivity contribution in [2.24, 2.45) is 5.92 Å². The highest BCUT2D eigenvalue weighted by Crippen LogP contribution is 2.31. The summed E-state index contributed by atoms with van der Waals surface area (Å²) in [5.41, 5.74) is 0.705. The Bertz CT molecular complexity index is 686. The van der Waals surface area contributed by atoms with Gasteiger partial charge in [-0.25, -0.2) is 0 Å². The molecule has 1 saturated carbocycles. The van der Waals surface area contributed by atoms with E-state index >= 15 is 0 Å². The van der Waals surface area contributed by atoms with E-state index in [-0.39, 0.29) is 17.9 Å². The van der Waals surface area contributed by atoms with Gasteiger partial charge in [0.05, 0.1) is 6.04 Å². The zero-order valence-corrected chi connectivity index (χ0v) is 18.8. The molecule has 6 nitrogen and oxygen atoms in total. The Kier molecular flexibility index (Phi) is 8.51. The summed E-state index contributed by atoms with van der Waals surface area (Å²) >= 11 is 3.44. The van der Waals surface area contributed by atoms with Gasteiger partial charge in [-0.1, -0.05) is 34.8 Å². The highest BCUT2D eigenvalue weighted by atomic mass is 79.9. The van der Waals surface area contributed by atoms with Gasteiger partial charge >= 0.3 is 0 Å². The average Bonchev–Trinajstić information content (AvgIpc) is 3.26. The SMILES string of the molecule is COCCCNC(=O)C(C1CCCC1)N1CCN(C(=O)c2cccc(Br)c2)CC1. The van der Waals surface area contributed by atoms with E-state index in [0.717, 1.165) is 36.8 Å². The van der Waals surface area contributed by atoms with Crippen LogP contribution >= 0.6 is 15.9 Å². The van der Waals surface area contributed by atoms with Crippen molar-refractivity contribution in [3.05, 3.63) is 34.3 Å². The van der Waals surface area contributed by atoms with Crippen LogP contribution in [0.3, 0.4) is 0 Å². The lowest BCUT2D eigenvalue weighted by molar-refractivity contribution is -0.129. The molecule has 1 heterocycles. The highest BCUT2D eigenvalue weighted by molar-refractivity contribution is 9.10. The molecule has 7 heteroatoms. The predicted molar refractivity (Wildman–Crippen MR) is 117 cm³/mol. The summed E-state index contributed by atoms with van der Waals surface area (Å²) in [6.45, 7) is 4.11. The summed E-state index contributed by atoms with van der Waals surface area (Å²) < 4.78 is 5.99. The molecule has 2 fully saturated rings. The Morgan fingerprint density at radius 1 is 1.21 bits per heavy atom. The van der Waals surface area contributed by atoms with Crippen molar-refractivity contribution in [3.8, 4) is 0 Å². The third-order valence-corrected chi connectivity index (χ3v) is 6.50. The molecule has 0 spiro atoms. The fourth-order valence-corrected chi connectivity index (χ4v) is 4.89. The summed E-state index contributed by atoms with van der Waals surface area (Å²) in [5.74, 6) is 0.622. The molecule has 0 aromatic heterocycles. The van der Waals surface area contributed by atoms with E-state index in [2.05, 4.69) is 26.1 Å². The van der Waals surface area contributed by atoms with Crippen LogP contribution in [0.25, 0.3) is 0 Å². The summed E-state index contributed by atoms with van der Waals surface area (Å²) in [7, 11) is 1.68. The van der Waals surface area contributed by atoms with Crippen LogP contribution < -0.4 is 5.32 Å². The first-order chi connectivity index (χ1) is 14.1. The van der Waals surface area contributed by atoms with E-state index in [1.807, 2.05) is 29.2 Å². The van der Waals surface area contributed by atoms with Crippen molar-refractivity contribution in [3.63, 3.8) is 0 Å². The van der Waals surface area contributed by atoms with Gasteiger partial charge in [0.25, 0.3) is 5.91 Å². The standard InChI is InChI=1S/C22H32BrN3O3/c1-29-15-5-10-24-21(27)20(17-6-2-3-7-17)25-11-13-26(14-12-25)22(28)18-8-4-9-19(23)16-18/h4,8-9,16-17,20H,2-3,5-7,10-15H2,1H3,(H,24,27). The van der Waals surface area contributed by atoms with Crippen molar-refractivity contribution in [1.82, 2.24) is 15.1 Å². The molecule has 1 N–H and O–H groups in total. The van der Waals surface area contributed by atoms with Gasteiger partial charge in [0.1, 0.15) is 0 Å². The minimum Gasteiger partial charge on any atom is -0.385 e. The van der Waals surface area contributed by atoms with Gasteiger partial charge in [-0.05, 0) is 43.4 Å². The summed E-state index contributed by atoms with van der Waals surface area (Å²) in [5, 5.41) is 3.11. The van der Waals surface area contributed by atoms with E-state index in [9.17, 15) is 9.59 Å². The monoisotopic (exact) mass is 465 g/mol. The van der Waals surface area contributed by atoms with Crippen molar-refractivity contribution in [1.29, 1.82) is 0 Å². The third-order valence-electron chi connectivity index (χ3n) is 6.01. The van der Waals surface area contributed by atoms with E-state index in [4.69, 9.17) is 4.74 Å². The number of amides is 2. The number of hydrogen-bond acceptors (Lipinski definition) is 4. The minimum absolute atomic E-state index is 0.0624. The van der Waals surface area contributed by atoms with Crippen LogP contribution in [0.5, 0.6) is 0 Å². The van der Waals surface area contributed by atoms with Gasteiger partial charge in [0, 0.05) is 56.5 Å². The normalized spacial score (nSPS) is 19.3. The van der Waals surface area contributed by atoms with Gasteiger partial charge < -0.3 is 15.0 Å². The lowest BCUT2D eigenvalue weighted by atomic mass is 9.95. The number of rotatable bonds is 8. The van der Waals surface area contributed by atoms with Crippen molar-refractivity contribution >= 4 is 27.7 Å². The van der Waals surface area contributed by atoms with Gasteiger partial charge in [-0.2, -0.15) is 0 Å². The molecule has 1 atom stereocenters. The van der Waals surface area contributed by atoms with Gasteiger partial charge in [-0.3, -0.25) is 14.5 Å². The molecule has 2 aliphatic rings. The number of piperazine rings is 1. The van der Waals surface area contributed by atoms with E-state index in [0.29, 0.717) is 37.7 Å². The second kappa shape index (κ2) is 11.1. The number of carbonyl (C=O) groups excluding carboxylic acids is 2. The van der Waals surface area contributed by atoms with Crippen LogP contribution in [0.15, 0.2) is 28.7 Å². The molecule has 0 bridgehead atoms. The number of hydrogen-bond donors (Lipinski definition) is 1. The summed E-state index contributed by atoms with van der Waals surface area (Å²) in [6.07, 6.45) is 5.48. The molecule has 2 amide bonds. The molecule has 1 aliphatic heterocycles. The molecule has 1 saturated heterocycles. The zero-order chi connectivity index (χ0) is 20.6. The number of nitrogens with one attached hydrogen (secondary N) is 1. The minimum atomic E-state index is -0.0804. The van der Waals surface area contributed by atoms with Crippen molar-refractivity contribution in [2.45, 2.75) is 38.1 Å². The predicted octanol–water partition coefficient (Wildman–Crippen LogP) is 2.92. The van der Waals surface area contributed by atoms with Crippen LogP contribution in [0.1, 0.15) is 42.5 Å². The molecule has 3 rings (SSSR count). The zero-order valence-electron chi connectivity index (χ0n) is 17.2. The molecule has 1 aromatic rings. The molecule has 29 heavy (non-hydrogen) atoms. The van der Waals surface area contributed by atoms with Crippen LogP contribution in [0, 0.1) is 5.92 Å². The Labute approximate surface area is 182 Å². The first-order valence-electron chi connectivity index (χ1n) is 10.7. The molecular formula is C22H32BrN3O3. The summed E-state index contributed by atoms with van der Waals surface area (Å²) in [6, 6.07) is 7.45. The lowest BCUT2D eigenvalue weighted by Crippen LogP contribution is -2.58. The Morgan fingerprint density at radius 2 is 1.93 bits per heavy atom. The van der Waals surface area contributed by atoms with Crippen LogP contribution in [0.4, 0.5) is 0 Å². The molecule has 1 unspecified atom stereocenters. The van der Waals surface area contributed by atoms with Crippen LogP contribution in [-0.2, 0) is 9.53 Å². The quantitative estimate of drug-likeness (QED) is 0.599. The number of methoxy groups -OCH3 is 1. The summed E-state index contributed by atoms with van der Waals surface area (Å²) in [4.78, 5) is 30.0. The smallest absolute Gasteiger partial charge is 0.253 e. The Hall–Kier alpha value is -1.44. The number of halogens is 1. The van der Waals surface area contributed by atoms with E-state index in [1.165, 1.54) is 12.8 Å². The lowest BCUT2D eigenvalue weighted by Gasteiger charge is -2.40. The number of carbonyl (C=O) groups is 2. The van der Waals surface area contributed by atoms with Gasteiger partial charge in [0.15, 0.2) is 0 Å². The van der Waals surface area contributed by atoms with E-state index in [1.54, 1.807) is 7.11 Å². The number of benzene rings is 1. The fourth-order valence-electron chi connectivity index (χ4n) is 4.49. The van der Waals surface area contributed by atoms with Crippen LogP contribution in [-0.4, -0.2) is 74.1 Å². The highest BCUT2D eigenvalue weighted by Gasteiger charge is 2.37. The van der Waals surface area contributed by atoms with Crippen LogP contribution in [0.2, 0.25) is 0 Å². The second-order valence-electron chi connectivity index (χ2n) is 7.97.